The standard InChI is InChI=1S/C12H20N2O5/c1-8-3-2-4-9(5-8)13-12(19)14(6-10(15)16)7-11(17)18/h8-9H,2-7H2,1H3,(H,13,19)(H,15,16)(H,17,18). The first kappa shape index (κ1) is 15.3. The van der Waals surface area contributed by atoms with Crippen LogP contribution in [0.25, 0.3) is 0 Å². The summed E-state index contributed by atoms with van der Waals surface area (Å²) in [7, 11) is 0. The highest BCUT2D eigenvalue weighted by atomic mass is 16.4. The van der Waals surface area contributed by atoms with E-state index in [0.717, 1.165) is 30.6 Å². The van der Waals surface area contributed by atoms with E-state index in [9.17, 15) is 14.4 Å². The Bertz CT molecular complexity index is 342. The maximum Gasteiger partial charge on any atom is 0.323 e. The lowest BCUT2D eigenvalue weighted by Gasteiger charge is -2.29. The van der Waals surface area contributed by atoms with E-state index < -0.39 is 31.1 Å². The van der Waals surface area contributed by atoms with Gasteiger partial charge in [0.2, 0.25) is 0 Å². The predicted octanol–water partition coefficient (Wildman–Crippen LogP) is 0.746. The highest BCUT2D eigenvalue weighted by Crippen LogP contribution is 2.23. The SMILES string of the molecule is CC1CCCC(NC(=O)N(CC(=O)O)CC(=O)O)C1. The van der Waals surface area contributed by atoms with Crippen molar-refractivity contribution in [1.82, 2.24) is 10.2 Å². The third kappa shape index (κ3) is 5.58. The zero-order chi connectivity index (χ0) is 14.4. The van der Waals surface area contributed by atoms with Gasteiger partial charge in [-0.2, -0.15) is 0 Å². The van der Waals surface area contributed by atoms with Gasteiger partial charge in [-0.25, -0.2) is 4.79 Å². The van der Waals surface area contributed by atoms with Gasteiger partial charge in [0.15, 0.2) is 0 Å². The summed E-state index contributed by atoms with van der Waals surface area (Å²) in [6, 6.07) is -0.620. The van der Waals surface area contributed by atoms with Crippen LogP contribution in [0.5, 0.6) is 0 Å². The zero-order valence-electron chi connectivity index (χ0n) is 11.0. The van der Waals surface area contributed by atoms with Crippen molar-refractivity contribution < 1.29 is 24.6 Å². The molecule has 0 aromatic heterocycles. The summed E-state index contributed by atoms with van der Waals surface area (Å²) in [5, 5.41) is 20.1. The molecule has 0 heterocycles. The Morgan fingerprint density at radius 1 is 1.16 bits per heavy atom. The van der Waals surface area contributed by atoms with Gasteiger partial charge in [0.05, 0.1) is 0 Å². The number of carbonyl (C=O) groups excluding carboxylic acids is 1. The molecule has 1 aliphatic rings. The average molecular weight is 272 g/mol. The van der Waals surface area contributed by atoms with Crippen molar-refractivity contribution in [2.45, 2.75) is 38.6 Å². The number of carboxylic acids is 2. The van der Waals surface area contributed by atoms with E-state index in [2.05, 4.69) is 12.2 Å². The fourth-order valence-corrected chi connectivity index (χ4v) is 2.36. The van der Waals surface area contributed by atoms with Crippen molar-refractivity contribution in [1.29, 1.82) is 0 Å². The molecule has 7 nitrogen and oxygen atoms in total. The number of hydrogen-bond donors (Lipinski definition) is 3. The molecule has 1 rings (SSSR count). The molecule has 108 valence electrons. The molecule has 0 aromatic carbocycles. The lowest BCUT2D eigenvalue weighted by Crippen LogP contribution is -2.49. The van der Waals surface area contributed by atoms with Crippen molar-refractivity contribution in [2.24, 2.45) is 5.92 Å². The molecule has 2 unspecified atom stereocenters. The number of urea groups is 1. The van der Waals surface area contributed by atoms with Gasteiger partial charge >= 0.3 is 18.0 Å². The van der Waals surface area contributed by atoms with Crippen LogP contribution < -0.4 is 5.32 Å². The van der Waals surface area contributed by atoms with Gasteiger partial charge in [0, 0.05) is 6.04 Å². The zero-order valence-corrected chi connectivity index (χ0v) is 11.0. The Hall–Kier alpha value is -1.79. The molecule has 1 aliphatic carbocycles. The monoisotopic (exact) mass is 272 g/mol. The van der Waals surface area contributed by atoms with Crippen LogP contribution in [0.3, 0.4) is 0 Å². The van der Waals surface area contributed by atoms with Crippen LogP contribution in [0, 0.1) is 5.92 Å². The first-order valence-electron chi connectivity index (χ1n) is 6.37. The molecule has 0 bridgehead atoms. The Balaban J connectivity index is 2.55. The Morgan fingerprint density at radius 3 is 2.21 bits per heavy atom. The van der Waals surface area contributed by atoms with Gasteiger partial charge in [-0.3, -0.25) is 9.59 Å². The van der Waals surface area contributed by atoms with Crippen molar-refractivity contribution in [3.63, 3.8) is 0 Å². The van der Waals surface area contributed by atoms with Crippen molar-refractivity contribution in [3.8, 4) is 0 Å². The van der Waals surface area contributed by atoms with E-state index in [4.69, 9.17) is 10.2 Å². The summed E-state index contributed by atoms with van der Waals surface area (Å²) in [6.07, 6.45) is 3.84. The normalized spacial score (nSPS) is 22.6. The van der Waals surface area contributed by atoms with Crippen LogP contribution in [0.1, 0.15) is 32.6 Å². The van der Waals surface area contributed by atoms with Gasteiger partial charge in [-0.15, -0.1) is 0 Å². The van der Waals surface area contributed by atoms with E-state index in [1.807, 2.05) is 0 Å². The van der Waals surface area contributed by atoms with Gasteiger partial charge in [-0.05, 0) is 18.8 Å². The maximum absolute atomic E-state index is 11.9. The Kier molecular flexibility index (Phi) is 5.59. The molecule has 3 N–H and O–H groups in total. The lowest BCUT2D eigenvalue weighted by atomic mass is 9.87. The number of carboxylic acid groups (broad SMARTS) is 2. The number of nitrogens with one attached hydrogen (secondary N) is 1. The number of nitrogens with zero attached hydrogens (tertiary/aromatic N) is 1. The summed E-state index contributed by atoms with van der Waals surface area (Å²) in [5.74, 6) is -1.94. The topological polar surface area (TPSA) is 107 Å². The smallest absolute Gasteiger partial charge is 0.323 e. The molecule has 2 atom stereocenters. The fourth-order valence-electron chi connectivity index (χ4n) is 2.36. The second-order valence-corrected chi connectivity index (χ2v) is 5.06. The molecule has 0 aliphatic heterocycles. The summed E-state index contributed by atoms with van der Waals surface area (Å²) < 4.78 is 0. The third-order valence-corrected chi connectivity index (χ3v) is 3.20. The van der Waals surface area contributed by atoms with E-state index in [-0.39, 0.29) is 6.04 Å². The molecule has 1 fully saturated rings. The Morgan fingerprint density at radius 2 is 1.74 bits per heavy atom. The molecule has 2 amide bonds. The van der Waals surface area contributed by atoms with Crippen molar-refractivity contribution in [2.75, 3.05) is 13.1 Å². The van der Waals surface area contributed by atoms with E-state index in [0.29, 0.717) is 5.92 Å². The third-order valence-electron chi connectivity index (χ3n) is 3.20. The highest BCUT2D eigenvalue weighted by molar-refractivity contribution is 5.84. The van der Waals surface area contributed by atoms with Crippen LogP contribution in [0.4, 0.5) is 4.79 Å². The average Bonchev–Trinajstić information content (AvgIpc) is 2.26. The summed E-state index contributed by atoms with van der Waals surface area (Å²) >= 11 is 0. The van der Waals surface area contributed by atoms with Gasteiger partial charge in [0.25, 0.3) is 0 Å². The number of amides is 2. The Labute approximate surface area is 111 Å². The van der Waals surface area contributed by atoms with Gasteiger partial charge in [-0.1, -0.05) is 19.8 Å². The molecule has 19 heavy (non-hydrogen) atoms. The molecule has 0 saturated heterocycles. The van der Waals surface area contributed by atoms with Crippen LogP contribution in [-0.4, -0.2) is 52.2 Å². The van der Waals surface area contributed by atoms with Crippen LogP contribution >= 0.6 is 0 Å². The van der Waals surface area contributed by atoms with Crippen molar-refractivity contribution >= 4 is 18.0 Å². The minimum Gasteiger partial charge on any atom is -0.480 e. The van der Waals surface area contributed by atoms with E-state index >= 15 is 0 Å². The van der Waals surface area contributed by atoms with Crippen LogP contribution in [0.2, 0.25) is 0 Å². The minimum atomic E-state index is -1.23. The van der Waals surface area contributed by atoms with E-state index in [1.165, 1.54) is 0 Å². The number of rotatable bonds is 5. The van der Waals surface area contributed by atoms with Crippen molar-refractivity contribution in [3.05, 3.63) is 0 Å². The lowest BCUT2D eigenvalue weighted by molar-refractivity contribution is -0.140. The molecule has 0 spiro atoms. The first-order chi connectivity index (χ1) is 8.88. The second-order valence-electron chi connectivity index (χ2n) is 5.06. The largest absolute Gasteiger partial charge is 0.480 e. The van der Waals surface area contributed by atoms with Crippen LogP contribution in [-0.2, 0) is 9.59 Å². The van der Waals surface area contributed by atoms with E-state index in [1.54, 1.807) is 0 Å². The number of aliphatic carboxylic acids is 2. The molecule has 0 aromatic rings. The highest BCUT2D eigenvalue weighted by Gasteiger charge is 2.25. The fraction of sp³-hybridized carbons (Fsp3) is 0.750. The molecule has 0 radical (unpaired) electrons. The predicted molar refractivity (Wildman–Crippen MR) is 66.8 cm³/mol. The summed E-state index contributed by atoms with van der Waals surface area (Å²) in [6.45, 7) is 0.880. The van der Waals surface area contributed by atoms with Crippen LogP contribution in [0.15, 0.2) is 0 Å². The number of carbonyl (C=O) groups is 3. The molecular weight excluding hydrogens is 252 g/mol. The molecular formula is C12H20N2O5. The second kappa shape index (κ2) is 6.96. The number of hydrogen-bond acceptors (Lipinski definition) is 3. The quantitative estimate of drug-likeness (QED) is 0.684. The van der Waals surface area contributed by atoms with Gasteiger partial charge < -0.3 is 20.4 Å². The maximum atomic E-state index is 11.9. The minimum absolute atomic E-state index is 0.00124. The van der Waals surface area contributed by atoms with Gasteiger partial charge in [0.1, 0.15) is 13.1 Å². The first-order valence-corrected chi connectivity index (χ1v) is 6.37. The molecule has 1 saturated carbocycles. The summed E-state index contributed by atoms with van der Waals surface area (Å²) in [5.41, 5.74) is 0. The summed E-state index contributed by atoms with van der Waals surface area (Å²) in [4.78, 5) is 33.9. The molecule has 7 heteroatoms.